The van der Waals surface area contributed by atoms with E-state index in [9.17, 15) is 4.79 Å². The summed E-state index contributed by atoms with van der Waals surface area (Å²) in [6, 6.07) is 7.76. The van der Waals surface area contributed by atoms with Gasteiger partial charge in [0.2, 0.25) is 5.91 Å². The molecule has 0 aliphatic rings. The van der Waals surface area contributed by atoms with Gasteiger partial charge in [-0.25, -0.2) is 0 Å². The number of hydrogen-bond donors (Lipinski definition) is 2. The predicted molar refractivity (Wildman–Crippen MR) is 72.1 cm³/mol. The molecule has 0 saturated carbocycles. The molecule has 0 heterocycles. The van der Waals surface area contributed by atoms with Crippen LogP contribution >= 0.6 is 0 Å². The average Bonchev–Trinajstić information content (AvgIpc) is 2.37. The molecule has 0 bridgehead atoms. The Morgan fingerprint density at radius 3 is 2.67 bits per heavy atom. The lowest BCUT2D eigenvalue weighted by atomic mass is 10.0. The Bertz CT molecular complexity index is 380. The van der Waals surface area contributed by atoms with Crippen molar-refractivity contribution in [3.05, 3.63) is 35.4 Å². The second-order valence-electron chi connectivity index (χ2n) is 4.51. The van der Waals surface area contributed by atoms with Crippen molar-refractivity contribution in [3.8, 4) is 0 Å². The average molecular weight is 250 g/mol. The fraction of sp³-hybridized carbons (Fsp3) is 0.500. The van der Waals surface area contributed by atoms with E-state index in [1.807, 2.05) is 31.2 Å². The molecule has 4 heteroatoms. The molecule has 1 amide bonds. The number of hydrogen-bond acceptors (Lipinski definition) is 3. The molecule has 1 unspecified atom stereocenters. The topological polar surface area (TPSA) is 64.3 Å². The van der Waals surface area contributed by atoms with Crippen LogP contribution in [-0.2, 0) is 22.5 Å². The third-order valence-electron chi connectivity index (χ3n) is 2.79. The highest BCUT2D eigenvalue weighted by Gasteiger charge is 2.08. The monoisotopic (exact) mass is 250 g/mol. The molecule has 1 aromatic carbocycles. The molecular formula is C14H22N2O2. The Balaban J connectivity index is 2.44. The highest BCUT2D eigenvalue weighted by atomic mass is 16.5. The summed E-state index contributed by atoms with van der Waals surface area (Å²) >= 11 is 0. The zero-order valence-electron chi connectivity index (χ0n) is 11.1. The quantitative estimate of drug-likeness (QED) is 0.761. The summed E-state index contributed by atoms with van der Waals surface area (Å²) in [6.07, 6.45) is 0.382. The maximum atomic E-state index is 11.8. The molecule has 1 atom stereocenters. The Morgan fingerprint density at radius 1 is 1.39 bits per heavy atom. The second-order valence-corrected chi connectivity index (χ2v) is 4.51. The van der Waals surface area contributed by atoms with Gasteiger partial charge < -0.3 is 15.8 Å². The Labute approximate surface area is 109 Å². The van der Waals surface area contributed by atoms with Gasteiger partial charge in [-0.15, -0.1) is 0 Å². The van der Waals surface area contributed by atoms with Crippen molar-refractivity contribution < 1.29 is 9.53 Å². The van der Waals surface area contributed by atoms with E-state index in [0.717, 1.165) is 11.1 Å². The number of benzene rings is 1. The maximum absolute atomic E-state index is 11.8. The lowest BCUT2D eigenvalue weighted by molar-refractivity contribution is -0.120. The van der Waals surface area contributed by atoms with Crippen LogP contribution < -0.4 is 11.1 Å². The van der Waals surface area contributed by atoms with Crippen LogP contribution in [0.25, 0.3) is 0 Å². The van der Waals surface area contributed by atoms with Gasteiger partial charge in [0.15, 0.2) is 0 Å². The molecule has 0 fully saturated rings. The van der Waals surface area contributed by atoms with Gasteiger partial charge in [0.05, 0.1) is 13.0 Å². The van der Waals surface area contributed by atoms with Crippen LogP contribution in [0.2, 0.25) is 0 Å². The van der Waals surface area contributed by atoms with E-state index in [1.165, 1.54) is 0 Å². The maximum Gasteiger partial charge on any atom is 0.224 e. The van der Waals surface area contributed by atoms with Crippen molar-refractivity contribution in [3.63, 3.8) is 0 Å². The van der Waals surface area contributed by atoms with Crippen LogP contribution in [0.15, 0.2) is 24.3 Å². The van der Waals surface area contributed by atoms with Gasteiger partial charge in [0, 0.05) is 20.2 Å². The molecule has 0 saturated heterocycles. The lowest BCUT2D eigenvalue weighted by Crippen LogP contribution is -2.31. The van der Waals surface area contributed by atoms with E-state index in [-0.39, 0.29) is 5.91 Å². The first kappa shape index (κ1) is 14.7. The molecule has 0 aliphatic carbocycles. The predicted octanol–water partition coefficient (Wildman–Crippen LogP) is 1.09. The summed E-state index contributed by atoms with van der Waals surface area (Å²) in [5.74, 6) is 0.350. The van der Waals surface area contributed by atoms with E-state index in [4.69, 9.17) is 10.5 Å². The van der Waals surface area contributed by atoms with Gasteiger partial charge in [-0.2, -0.15) is 0 Å². The summed E-state index contributed by atoms with van der Waals surface area (Å²) in [4.78, 5) is 11.8. The first-order chi connectivity index (χ1) is 8.67. The van der Waals surface area contributed by atoms with Crippen LogP contribution in [0.1, 0.15) is 18.1 Å². The Morgan fingerprint density at radius 2 is 2.06 bits per heavy atom. The van der Waals surface area contributed by atoms with Crippen molar-refractivity contribution in [2.45, 2.75) is 19.9 Å². The third kappa shape index (κ3) is 4.85. The Kier molecular flexibility index (Phi) is 6.39. The molecule has 18 heavy (non-hydrogen) atoms. The number of nitrogens with one attached hydrogen (secondary N) is 1. The summed E-state index contributed by atoms with van der Waals surface area (Å²) in [7, 11) is 1.66. The largest absolute Gasteiger partial charge is 0.384 e. The Hall–Kier alpha value is -1.39. The minimum atomic E-state index is 0.0267. The van der Waals surface area contributed by atoms with Crippen LogP contribution in [0.4, 0.5) is 0 Å². The van der Waals surface area contributed by atoms with Crippen LogP contribution in [0.5, 0.6) is 0 Å². The SMILES string of the molecule is COCC(C)CNC(=O)Cc1ccccc1CN. The number of ether oxygens (including phenoxy) is 1. The zero-order chi connectivity index (χ0) is 13.4. The number of amides is 1. The third-order valence-corrected chi connectivity index (χ3v) is 2.79. The van der Waals surface area contributed by atoms with Gasteiger partial charge >= 0.3 is 0 Å². The molecule has 1 aromatic rings. The van der Waals surface area contributed by atoms with Gasteiger partial charge in [-0.05, 0) is 17.0 Å². The molecule has 0 aromatic heterocycles. The van der Waals surface area contributed by atoms with Crippen LogP contribution in [0, 0.1) is 5.92 Å². The first-order valence-electron chi connectivity index (χ1n) is 6.19. The summed E-state index contributed by atoms with van der Waals surface area (Å²) < 4.78 is 5.02. The van der Waals surface area contributed by atoms with Gasteiger partial charge in [-0.1, -0.05) is 31.2 Å². The minimum Gasteiger partial charge on any atom is -0.384 e. The molecular weight excluding hydrogens is 228 g/mol. The summed E-state index contributed by atoms with van der Waals surface area (Å²) in [6.45, 7) is 3.79. The van der Waals surface area contributed by atoms with Crippen molar-refractivity contribution in [1.29, 1.82) is 0 Å². The summed E-state index contributed by atoms with van der Waals surface area (Å²) in [5.41, 5.74) is 7.66. The van der Waals surface area contributed by atoms with E-state index < -0.39 is 0 Å². The molecule has 0 spiro atoms. The summed E-state index contributed by atoms with van der Waals surface area (Å²) in [5, 5.41) is 2.91. The number of carbonyl (C=O) groups excluding carboxylic acids is 1. The highest BCUT2D eigenvalue weighted by molar-refractivity contribution is 5.78. The van der Waals surface area contributed by atoms with Crippen molar-refractivity contribution in [1.82, 2.24) is 5.32 Å². The van der Waals surface area contributed by atoms with Gasteiger partial charge in [-0.3, -0.25) is 4.79 Å². The fourth-order valence-corrected chi connectivity index (χ4v) is 1.80. The van der Waals surface area contributed by atoms with Crippen molar-refractivity contribution in [2.75, 3.05) is 20.3 Å². The molecule has 4 nitrogen and oxygen atoms in total. The lowest BCUT2D eigenvalue weighted by Gasteiger charge is -2.12. The van der Waals surface area contributed by atoms with E-state index >= 15 is 0 Å². The van der Waals surface area contributed by atoms with Crippen LogP contribution in [0.3, 0.4) is 0 Å². The molecule has 100 valence electrons. The molecule has 1 rings (SSSR count). The van der Waals surface area contributed by atoms with Crippen LogP contribution in [-0.4, -0.2) is 26.2 Å². The standard InChI is InChI=1S/C14H22N2O2/c1-11(10-18-2)9-16-14(17)7-12-5-3-4-6-13(12)8-15/h3-6,11H,7-10,15H2,1-2H3,(H,16,17). The first-order valence-corrected chi connectivity index (χ1v) is 6.19. The minimum absolute atomic E-state index is 0.0267. The number of methoxy groups -OCH3 is 1. The second kappa shape index (κ2) is 7.84. The molecule has 0 aliphatic heterocycles. The van der Waals surface area contributed by atoms with Crippen molar-refractivity contribution >= 4 is 5.91 Å². The van der Waals surface area contributed by atoms with Gasteiger partial charge in [0.1, 0.15) is 0 Å². The van der Waals surface area contributed by atoms with E-state index in [2.05, 4.69) is 5.32 Å². The molecule has 0 radical (unpaired) electrons. The molecule has 3 N–H and O–H groups in total. The number of nitrogens with two attached hydrogens (primary N) is 1. The highest BCUT2D eigenvalue weighted by Crippen LogP contribution is 2.08. The fourth-order valence-electron chi connectivity index (χ4n) is 1.80. The van der Waals surface area contributed by atoms with Crippen molar-refractivity contribution in [2.24, 2.45) is 11.7 Å². The van der Waals surface area contributed by atoms with Gasteiger partial charge in [0.25, 0.3) is 0 Å². The van der Waals surface area contributed by atoms with E-state index in [1.54, 1.807) is 7.11 Å². The number of carbonyl (C=O) groups is 1. The zero-order valence-corrected chi connectivity index (χ0v) is 11.1. The van der Waals surface area contributed by atoms with E-state index in [0.29, 0.717) is 32.0 Å². The smallest absolute Gasteiger partial charge is 0.224 e. The number of rotatable bonds is 7. The normalized spacial score (nSPS) is 12.2.